The van der Waals surface area contributed by atoms with Crippen LogP contribution in [-0.2, 0) is 11.0 Å². The Labute approximate surface area is 152 Å². The van der Waals surface area contributed by atoms with E-state index in [2.05, 4.69) is 15.3 Å². The number of anilines is 2. The third-order valence-electron chi connectivity index (χ3n) is 4.13. The van der Waals surface area contributed by atoms with Crippen LogP contribution in [0.4, 0.5) is 24.7 Å². The highest BCUT2D eigenvalue weighted by Gasteiger charge is 2.33. The minimum absolute atomic E-state index is 0.0662. The van der Waals surface area contributed by atoms with E-state index in [0.29, 0.717) is 26.2 Å². The van der Waals surface area contributed by atoms with Crippen molar-refractivity contribution in [3.63, 3.8) is 0 Å². The summed E-state index contributed by atoms with van der Waals surface area (Å²) in [4.78, 5) is 34.2. The summed E-state index contributed by atoms with van der Waals surface area (Å²) in [7, 11) is 0. The molecule has 142 valence electrons. The summed E-state index contributed by atoms with van der Waals surface area (Å²) < 4.78 is 39.3. The molecule has 1 aliphatic rings. The fourth-order valence-corrected chi connectivity index (χ4v) is 2.71. The molecule has 1 saturated heterocycles. The number of aromatic nitrogens is 2. The second-order valence-corrected chi connectivity index (χ2v) is 5.89. The van der Waals surface area contributed by atoms with E-state index < -0.39 is 11.7 Å². The predicted octanol–water partition coefficient (Wildman–Crippen LogP) is 2.15. The van der Waals surface area contributed by atoms with Gasteiger partial charge in [0, 0.05) is 32.2 Å². The van der Waals surface area contributed by atoms with Gasteiger partial charge in [0.05, 0.1) is 11.3 Å². The largest absolute Gasteiger partial charge is 0.418 e. The van der Waals surface area contributed by atoms with Crippen molar-refractivity contribution >= 4 is 23.8 Å². The zero-order chi connectivity index (χ0) is 19.4. The lowest BCUT2D eigenvalue weighted by atomic mass is 10.1. The molecule has 0 unspecified atom stereocenters. The zero-order valence-corrected chi connectivity index (χ0v) is 14.1. The van der Waals surface area contributed by atoms with Gasteiger partial charge < -0.3 is 15.1 Å². The van der Waals surface area contributed by atoms with Crippen LogP contribution in [0.3, 0.4) is 0 Å². The number of para-hydroxylation sites is 1. The molecule has 1 aromatic heterocycles. The van der Waals surface area contributed by atoms with Crippen molar-refractivity contribution in [2.75, 3.05) is 31.5 Å². The van der Waals surface area contributed by atoms with Crippen LogP contribution in [0.25, 0.3) is 0 Å². The Morgan fingerprint density at radius 2 is 1.81 bits per heavy atom. The molecule has 1 fully saturated rings. The first-order chi connectivity index (χ1) is 12.9. The van der Waals surface area contributed by atoms with Crippen LogP contribution in [0.1, 0.15) is 16.1 Å². The standard InChI is InChI=1S/C17H16F3N5O2/c18-17(19,20)12-3-1-2-4-13(12)23-15-9-14(21-10-22-15)16(27)25-7-5-24(11-26)6-8-25/h1-4,9-11H,5-8H2,(H,21,22,23). The van der Waals surface area contributed by atoms with Crippen molar-refractivity contribution < 1.29 is 22.8 Å². The summed E-state index contributed by atoms with van der Waals surface area (Å²) in [6.07, 6.45) is -2.67. The number of carbonyl (C=O) groups is 2. The number of alkyl halides is 3. The summed E-state index contributed by atoms with van der Waals surface area (Å²) in [5.74, 6) is -0.285. The van der Waals surface area contributed by atoms with Gasteiger partial charge in [-0.1, -0.05) is 12.1 Å². The Morgan fingerprint density at radius 3 is 2.48 bits per heavy atom. The van der Waals surface area contributed by atoms with Crippen LogP contribution in [0.15, 0.2) is 36.7 Å². The van der Waals surface area contributed by atoms with Gasteiger partial charge in [-0.3, -0.25) is 9.59 Å². The maximum absolute atomic E-state index is 13.1. The Bertz CT molecular complexity index is 835. The quantitative estimate of drug-likeness (QED) is 0.824. The third-order valence-corrected chi connectivity index (χ3v) is 4.13. The van der Waals surface area contributed by atoms with Gasteiger partial charge >= 0.3 is 6.18 Å². The predicted molar refractivity (Wildman–Crippen MR) is 90.3 cm³/mol. The molecule has 0 spiro atoms. The Kier molecular flexibility index (Phi) is 5.24. The number of halogens is 3. The lowest BCUT2D eigenvalue weighted by Crippen LogP contribution is -2.48. The number of nitrogens with one attached hydrogen (secondary N) is 1. The average Bonchev–Trinajstić information content (AvgIpc) is 2.67. The molecular weight excluding hydrogens is 363 g/mol. The molecule has 2 heterocycles. The first-order valence-electron chi connectivity index (χ1n) is 8.12. The fraction of sp³-hybridized carbons (Fsp3) is 0.294. The topological polar surface area (TPSA) is 78.4 Å². The molecule has 2 aromatic rings. The second-order valence-electron chi connectivity index (χ2n) is 5.89. The summed E-state index contributed by atoms with van der Waals surface area (Å²) in [6.45, 7) is 1.57. The fourth-order valence-electron chi connectivity index (χ4n) is 2.71. The molecule has 27 heavy (non-hydrogen) atoms. The second kappa shape index (κ2) is 7.60. The normalized spacial score (nSPS) is 14.8. The van der Waals surface area contributed by atoms with Crippen molar-refractivity contribution in [3.8, 4) is 0 Å². The molecule has 1 N–H and O–H groups in total. The van der Waals surface area contributed by atoms with Gasteiger partial charge in [-0.2, -0.15) is 13.2 Å². The van der Waals surface area contributed by atoms with Gasteiger partial charge in [-0.05, 0) is 12.1 Å². The number of piperazine rings is 1. The van der Waals surface area contributed by atoms with Crippen molar-refractivity contribution in [2.24, 2.45) is 0 Å². The number of carbonyl (C=O) groups excluding carboxylic acids is 2. The maximum Gasteiger partial charge on any atom is 0.418 e. The van der Waals surface area contributed by atoms with E-state index in [1.165, 1.54) is 29.2 Å². The highest BCUT2D eigenvalue weighted by molar-refractivity contribution is 5.93. The summed E-state index contributed by atoms with van der Waals surface area (Å²) in [5.41, 5.74) is -0.931. The van der Waals surface area contributed by atoms with Gasteiger partial charge in [-0.15, -0.1) is 0 Å². The summed E-state index contributed by atoms with van der Waals surface area (Å²) in [5, 5.41) is 2.60. The number of amides is 2. The van der Waals surface area contributed by atoms with Crippen LogP contribution in [-0.4, -0.2) is 58.3 Å². The van der Waals surface area contributed by atoms with Gasteiger partial charge in [0.1, 0.15) is 17.8 Å². The molecule has 1 aliphatic heterocycles. The molecular formula is C17H16F3N5O2. The molecule has 2 amide bonds. The van der Waals surface area contributed by atoms with E-state index in [-0.39, 0.29) is 23.1 Å². The lowest BCUT2D eigenvalue weighted by Gasteiger charge is -2.32. The van der Waals surface area contributed by atoms with Crippen LogP contribution >= 0.6 is 0 Å². The third kappa shape index (κ3) is 4.33. The summed E-state index contributed by atoms with van der Waals surface area (Å²) >= 11 is 0. The molecule has 3 rings (SSSR count). The smallest absolute Gasteiger partial charge is 0.342 e. The van der Waals surface area contributed by atoms with E-state index in [4.69, 9.17) is 0 Å². The SMILES string of the molecule is O=CN1CCN(C(=O)c2cc(Nc3ccccc3C(F)(F)F)ncn2)CC1. The van der Waals surface area contributed by atoms with Crippen LogP contribution in [0.2, 0.25) is 0 Å². The number of benzene rings is 1. The van der Waals surface area contributed by atoms with E-state index in [0.717, 1.165) is 18.8 Å². The minimum Gasteiger partial charge on any atom is -0.342 e. The zero-order valence-electron chi connectivity index (χ0n) is 14.1. The van der Waals surface area contributed by atoms with Crippen molar-refractivity contribution in [2.45, 2.75) is 6.18 Å². The highest BCUT2D eigenvalue weighted by atomic mass is 19.4. The highest BCUT2D eigenvalue weighted by Crippen LogP contribution is 2.35. The Morgan fingerprint density at radius 1 is 1.11 bits per heavy atom. The molecule has 0 bridgehead atoms. The number of hydrogen-bond acceptors (Lipinski definition) is 5. The van der Waals surface area contributed by atoms with Crippen LogP contribution in [0.5, 0.6) is 0 Å². The van der Waals surface area contributed by atoms with Crippen LogP contribution < -0.4 is 5.32 Å². The number of rotatable bonds is 4. The van der Waals surface area contributed by atoms with Gasteiger partial charge in [0.2, 0.25) is 6.41 Å². The van der Waals surface area contributed by atoms with Gasteiger partial charge in [0.15, 0.2) is 0 Å². The average molecular weight is 379 g/mol. The molecule has 10 heteroatoms. The number of nitrogens with zero attached hydrogens (tertiary/aromatic N) is 4. The van der Waals surface area contributed by atoms with Gasteiger partial charge in [-0.25, -0.2) is 9.97 Å². The van der Waals surface area contributed by atoms with Crippen molar-refractivity contribution in [1.82, 2.24) is 19.8 Å². The summed E-state index contributed by atoms with van der Waals surface area (Å²) in [6, 6.07) is 6.31. The monoisotopic (exact) mass is 379 g/mol. The van der Waals surface area contributed by atoms with Crippen molar-refractivity contribution in [1.29, 1.82) is 0 Å². The van der Waals surface area contributed by atoms with E-state index in [1.54, 1.807) is 4.90 Å². The first kappa shape index (κ1) is 18.6. The van der Waals surface area contributed by atoms with E-state index in [1.807, 2.05) is 0 Å². The molecule has 7 nitrogen and oxygen atoms in total. The molecule has 1 aromatic carbocycles. The van der Waals surface area contributed by atoms with Crippen molar-refractivity contribution in [3.05, 3.63) is 47.9 Å². The van der Waals surface area contributed by atoms with Gasteiger partial charge in [0.25, 0.3) is 5.91 Å². The first-order valence-corrected chi connectivity index (χ1v) is 8.12. The van der Waals surface area contributed by atoms with Crippen LogP contribution in [0, 0.1) is 0 Å². The lowest BCUT2D eigenvalue weighted by molar-refractivity contribution is -0.136. The molecule has 0 aliphatic carbocycles. The minimum atomic E-state index is -4.52. The molecule has 0 saturated carbocycles. The van der Waals surface area contributed by atoms with E-state index in [9.17, 15) is 22.8 Å². The molecule has 0 radical (unpaired) electrons. The maximum atomic E-state index is 13.1. The Hall–Kier alpha value is -3.17. The number of hydrogen-bond donors (Lipinski definition) is 1. The molecule has 0 atom stereocenters. The van der Waals surface area contributed by atoms with E-state index >= 15 is 0 Å². The Balaban J connectivity index is 1.77.